The Balaban J connectivity index is 1.88. The van der Waals surface area contributed by atoms with Crippen molar-refractivity contribution in [3.05, 3.63) is 11.6 Å². The standard InChI is InChI=1S/C14H26N6S/c1-4-15-14(16-8-5-9-21-3)18-12-6-7-13-17-11(2)19-20(13)10-12/h12H,4-10H2,1-3H3,(H2,15,16,18). The minimum atomic E-state index is 0.372. The van der Waals surface area contributed by atoms with Crippen LogP contribution in [0.5, 0.6) is 0 Å². The van der Waals surface area contributed by atoms with E-state index in [4.69, 9.17) is 0 Å². The zero-order valence-corrected chi connectivity index (χ0v) is 14.0. The summed E-state index contributed by atoms with van der Waals surface area (Å²) in [5.74, 6) is 4.05. The van der Waals surface area contributed by atoms with Crippen molar-refractivity contribution in [3.63, 3.8) is 0 Å². The number of fused-ring (bicyclic) bond motifs is 1. The van der Waals surface area contributed by atoms with Crippen LogP contribution in [0.4, 0.5) is 0 Å². The molecule has 0 saturated heterocycles. The van der Waals surface area contributed by atoms with Gasteiger partial charge < -0.3 is 10.6 Å². The van der Waals surface area contributed by atoms with Gasteiger partial charge in [0.1, 0.15) is 11.6 Å². The smallest absolute Gasteiger partial charge is 0.191 e. The Hall–Kier alpha value is -1.24. The molecular formula is C14H26N6S. The van der Waals surface area contributed by atoms with Crippen LogP contribution < -0.4 is 10.6 Å². The summed E-state index contributed by atoms with van der Waals surface area (Å²) in [5, 5.41) is 11.3. The molecule has 0 aromatic carbocycles. The molecule has 1 atom stereocenters. The maximum Gasteiger partial charge on any atom is 0.191 e. The molecule has 1 aromatic rings. The SMILES string of the molecule is CCNC(=NCCCSC)NC1CCc2nc(C)nn2C1. The first kappa shape index (κ1) is 16.1. The number of nitrogens with one attached hydrogen (secondary N) is 2. The summed E-state index contributed by atoms with van der Waals surface area (Å²) in [6.45, 7) is 6.67. The van der Waals surface area contributed by atoms with Gasteiger partial charge in [-0.3, -0.25) is 4.99 Å². The summed E-state index contributed by atoms with van der Waals surface area (Å²) in [4.78, 5) is 9.09. The molecule has 21 heavy (non-hydrogen) atoms. The predicted molar refractivity (Wildman–Crippen MR) is 89.0 cm³/mol. The second kappa shape index (κ2) is 8.26. The van der Waals surface area contributed by atoms with Crippen molar-refractivity contribution < 1.29 is 0 Å². The van der Waals surface area contributed by atoms with E-state index >= 15 is 0 Å². The van der Waals surface area contributed by atoms with E-state index in [0.29, 0.717) is 6.04 Å². The molecule has 0 radical (unpaired) electrons. The summed E-state index contributed by atoms with van der Waals surface area (Å²) in [6.07, 6.45) is 5.31. The zero-order valence-electron chi connectivity index (χ0n) is 13.2. The Bertz CT molecular complexity index is 470. The molecule has 1 aliphatic heterocycles. The van der Waals surface area contributed by atoms with Gasteiger partial charge in [0, 0.05) is 25.6 Å². The number of nitrogens with zero attached hydrogens (tertiary/aromatic N) is 4. The van der Waals surface area contributed by atoms with E-state index in [2.05, 4.69) is 38.9 Å². The lowest BCUT2D eigenvalue weighted by Gasteiger charge is -2.25. The second-order valence-corrected chi connectivity index (χ2v) is 6.23. The number of rotatable bonds is 6. The van der Waals surface area contributed by atoms with Crippen LogP contribution >= 0.6 is 11.8 Å². The van der Waals surface area contributed by atoms with Crippen molar-refractivity contribution >= 4 is 17.7 Å². The first-order valence-electron chi connectivity index (χ1n) is 7.67. The summed E-state index contributed by atoms with van der Waals surface area (Å²) in [5.41, 5.74) is 0. The summed E-state index contributed by atoms with van der Waals surface area (Å²) in [7, 11) is 0. The lowest BCUT2D eigenvalue weighted by Crippen LogP contribution is -2.47. The largest absolute Gasteiger partial charge is 0.357 e. The van der Waals surface area contributed by atoms with Gasteiger partial charge >= 0.3 is 0 Å². The van der Waals surface area contributed by atoms with E-state index in [1.165, 1.54) is 0 Å². The summed E-state index contributed by atoms with van der Waals surface area (Å²) < 4.78 is 2.02. The van der Waals surface area contributed by atoms with Crippen molar-refractivity contribution in [3.8, 4) is 0 Å². The minimum Gasteiger partial charge on any atom is -0.357 e. The maximum atomic E-state index is 4.64. The fraction of sp³-hybridized carbons (Fsp3) is 0.786. The fourth-order valence-electron chi connectivity index (χ4n) is 2.46. The van der Waals surface area contributed by atoms with Gasteiger partial charge in [-0.15, -0.1) is 0 Å². The molecule has 2 rings (SSSR count). The quantitative estimate of drug-likeness (QED) is 0.470. The molecule has 0 fully saturated rings. The lowest BCUT2D eigenvalue weighted by atomic mass is 10.1. The van der Waals surface area contributed by atoms with Crippen molar-refractivity contribution in [1.82, 2.24) is 25.4 Å². The van der Waals surface area contributed by atoms with Crippen LogP contribution in [-0.2, 0) is 13.0 Å². The molecular weight excluding hydrogens is 284 g/mol. The van der Waals surface area contributed by atoms with Crippen LogP contribution in [0.25, 0.3) is 0 Å². The van der Waals surface area contributed by atoms with Gasteiger partial charge in [0.05, 0.1) is 6.54 Å². The number of guanidine groups is 1. The van der Waals surface area contributed by atoms with E-state index in [-0.39, 0.29) is 0 Å². The third kappa shape index (κ3) is 4.91. The molecule has 1 unspecified atom stereocenters. The summed E-state index contributed by atoms with van der Waals surface area (Å²) in [6, 6.07) is 0.372. The molecule has 0 saturated carbocycles. The number of thioether (sulfide) groups is 1. The van der Waals surface area contributed by atoms with Crippen molar-refractivity contribution in [2.45, 2.75) is 45.7 Å². The monoisotopic (exact) mass is 310 g/mol. The lowest BCUT2D eigenvalue weighted by molar-refractivity contribution is 0.392. The topological polar surface area (TPSA) is 67.1 Å². The first-order valence-corrected chi connectivity index (χ1v) is 9.06. The van der Waals surface area contributed by atoms with Crippen LogP contribution in [0, 0.1) is 6.92 Å². The Morgan fingerprint density at radius 1 is 1.52 bits per heavy atom. The number of hydrogen-bond donors (Lipinski definition) is 2. The van der Waals surface area contributed by atoms with Gasteiger partial charge in [-0.1, -0.05) is 0 Å². The highest BCUT2D eigenvalue weighted by molar-refractivity contribution is 7.98. The van der Waals surface area contributed by atoms with E-state index in [0.717, 1.165) is 62.3 Å². The molecule has 1 aromatic heterocycles. The second-order valence-electron chi connectivity index (χ2n) is 5.24. The number of hydrogen-bond acceptors (Lipinski definition) is 4. The first-order chi connectivity index (χ1) is 10.2. The molecule has 2 heterocycles. The number of aromatic nitrogens is 3. The van der Waals surface area contributed by atoms with Crippen LogP contribution in [-0.4, -0.2) is 51.9 Å². The molecule has 2 N–H and O–H groups in total. The van der Waals surface area contributed by atoms with E-state index in [1.54, 1.807) is 0 Å². The molecule has 1 aliphatic rings. The van der Waals surface area contributed by atoms with Crippen molar-refractivity contribution in [1.29, 1.82) is 0 Å². The van der Waals surface area contributed by atoms with Crippen LogP contribution in [0.15, 0.2) is 4.99 Å². The highest BCUT2D eigenvalue weighted by Crippen LogP contribution is 2.12. The molecule has 0 aliphatic carbocycles. The molecule has 0 spiro atoms. The highest BCUT2D eigenvalue weighted by Gasteiger charge is 2.21. The van der Waals surface area contributed by atoms with E-state index in [1.807, 2.05) is 23.4 Å². The maximum absolute atomic E-state index is 4.64. The van der Waals surface area contributed by atoms with E-state index in [9.17, 15) is 0 Å². The van der Waals surface area contributed by atoms with Gasteiger partial charge in [-0.25, -0.2) is 9.67 Å². The normalized spacial score (nSPS) is 18.4. The van der Waals surface area contributed by atoms with Crippen molar-refractivity contribution in [2.75, 3.05) is 25.1 Å². The molecule has 118 valence electrons. The van der Waals surface area contributed by atoms with Gasteiger partial charge in [-0.05, 0) is 38.7 Å². The van der Waals surface area contributed by atoms with Crippen LogP contribution in [0.3, 0.4) is 0 Å². The number of aryl methyl sites for hydroxylation is 2. The average Bonchev–Trinajstić information content (AvgIpc) is 2.83. The van der Waals surface area contributed by atoms with E-state index < -0.39 is 0 Å². The summed E-state index contributed by atoms with van der Waals surface area (Å²) >= 11 is 1.87. The Kier molecular flexibility index (Phi) is 6.35. The minimum absolute atomic E-state index is 0.372. The third-order valence-corrected chi connectivity index (χ3v) is 4.12. The van der Waals surface area contributed by atoms with Gasteiger partial charge in [0.2, 0.25) is 0 Å². The molecule has 7 heteroatoms. The van der Waals surface area contributed by atoms with Crippen LogP contribution in [0.2, 0.25) is 0 Å². The Morgan fingerprint density at radius 2 is 2.38 bits per heavy atom. The molecule has 0 amide bonds. The molecule has 0 bridgehead atoms. The van der Waals surface area contributed by atoms with Gasteiger partial charge in [0.15, 0.2) is 5.96 Å². The number of aliphatic imine (C=N–C) groups is 1. The molecule has 6 nitrogen and oxygen atoms in total. The van der Waals surface area contributed by atoms with Gasteiger partial charge in [-0.2, -0.15) is 16.9 Å². The highest BCUT2D eigenvalue weighted by atomic mass is 32.2. The predicted octanol–water partition coefficient (Wildman–Crippen LogP) is 1.21. The average molecular weight is 310 g/mol. The van der Waals surface area contributed by atoms with Crippen molar-refractivity contribution in [2.24, 2.45) is 4.99 Å². The Labute approximate surface area is 131 Å². The van der Waals surface area contributed by atoms with Gasteiger partial charge in [0.25, 0.3) is 0 Å². The zero-order chi connectivity index (χ0) is 15.1. The third-order valence-electron chi connectivity index (χ3n) is 3.43. The van der Waals surface area contributed by atoms with Crippen LogP contribution in [0.1, 0.15) is 31.4 Å². The Morgan fingerprint density at radius 3 is 3.14 bits per heavy atom. The fourth-order valence-corrected chi connectivity index (χ4v) is 2.88.